The third-order valence-corrected chi connectivity index (χ3v) is 3.91. The van der Waals surface area contributed by atoms with Crippen LogP contribution in [-0.2, 0) is 4.79 Å². The number of hydrogen-bond acceptors (Lipinski definition) is 5. The van der Waals surface area contributed by atoms with E-state index in [0.717, 1.165) is 0 Å². The first-order valence-electron chi connectivity index (χ1n) is 7.44. The van der Waals surface area contributed by atoms with Crippen LogP contribution in [0.1, 0.15) is 17.3 Å². The Bertz CT molecular complexity index is 590. The fourth-order valence-corrected chi connectivity index (χ4v) is 2.44. The molecule has 7 nitrogen and oxygen atoms in total. The van der Waals surface area contributed by atoms with E-state index in [0.29, 0.717) is 23.6 Å². The standard InChI is InChI=1S/C16H22N2O5/c1-11-9-18(10-15(20)17(11)2)16(21)12-4-5-13(22-3)14(8-12)23-7-6-19/h4-5,8,11,19H,6-7,9-10H2,1-3H3. The Kier molecular flexibility index (Phi) is 5.44. The smallest absolute Gasteiger partial charge is 0.254 e. The van der Waals surface area contributed by atoms with Crippen LogP contribution < -0.4 is 9.47 Å². The lowest BCUT2D eigenvalue weighted by Gasteiger charge is -2.37. The quantitative estimate of drug-likeness (QED) is 0.847. The minimum absolute atomic E-state index is 0.0245. The summed E-state index contributed by atoms with van der Waals surface area (Å²) >= 11 is 0. The lowest BCUT2D eigenvalue weighted by Crippen LogP contribution is -2.55. The summed E-state index contributed by atoms with van der Waals surface area (Å²) in [7, 11) is 3.24. The molecule has 126 valence electrons. The summed E-state index contributed by atoms with van der Waals surface area (Å²) in [6, 6.07) is 4.83. The number of carbonyl (C=O) groups excluding carboxylic acids is 2. The maximum atomic E-state index is 12.6. The van der Waals surface area contributed by atoms with Crippen molar-refractivity contribution in [1.29, 1.82) is 0 Å². The zero-order chi connectivity index (χ0) is 17.0. The molecule has 23 heavy (non-hydrogen) atoms. The minimum atomic E-state index is -0.227. The molecule has 1 atom stereocenters. The van der Waals surface area contributed by atoms with E-state index in [1.807, 2.05) is 6.92 Å². The van der Waals surface area contributed by atoms with Gasteiger partial charge in [0.15, 0.2) is 11.5 Å². The number of hydrogen-bond donors (Lipinski definition) is 1. The number of aliphatic hydroxyl groups is 1. The van der Waals surface area contributed by atoms with Crippen molar-refractivity contribution < 1.29 is 24.2 Å². The zero-order valence-electron chi connectivity index (χ0n) is 13.6. The molecular formula is C16H22N2O5. The fraction of sp³-hybridized carbons (Fsp3) is 0.500. The molecule has 0 bridgehead atoms. The molecule has 0 radical (unpaired) electrons. The third-order valence-electron chi connectivity index (χ3n) is 3.91. The molecule has 2 amide bonds. The molecule has 1 heterocycles. The van der Waals surface area contributed by atoms with Gasteiger partial charge in [0.1, 0.15) is 13.2 Å². The van der Waals surface area contributed by atoms with Crippen LogP contribution in [0.3, 0.4) is 0 Å². The van der Waals surface area contributed by atoms with E-state index in [1.54, 1.807) is 30.1 Å². The minimum Gasteiger partial charge on any atom is -0.493 e. The van der Waals surface area contributed by atoms with Gasteiger partial charge in [0, 0.05) is 25.2 Å². The number of rotatable bonds is 5. The second-order valence-corrected chi connectivity index (χ2v) is 5.48. The molecule has 0 aliphatic carbocycles. The van der Waals surface area contributed by atoms with Gasteiger partial charge in [-0.3, -0.25) is 9.59 Å². The molecule has 1 fully saturated rings. The molecule has 1 aromatic carbocycles. The molecule has 1 unspecified atom stereocenters. The van der Waals surface area contributed by atoms with Gasteiger partial charge in [0.05, 0.1) is 13.7 Å². The van der Waals surface area contributed by atoms with Crippen molar-refractivity contribution in [3.63, 3.8) is 0 Å². The molecule has 0 spiro atoms. The SMILES string of the molecule is COc1ccc(C(=O)N2CC(=O)N(C)C(C)C2)cc1OCCO. The number of piperazine rings is 1. The Morgan fingerprint density at radius 2 is 2.13 bits per heavy atom. The van der Waals surface area contributed by atoms with Crippen molar-refractivity contribution in [3.8, 4) is 11.5 Å². The summed E-state index contributed by atoms with van der Waals surface area (Å²) < 4.78 is 10.6. The van der Waals surface area contributed by atoms with Gasteiger partial charge in [-0.05, 0) is 25.1 Å². The van der Waals surface area contributed by atoms with Crippen LogP contribution in [0.4, 0.5) is 0 Å². The topological polar surface area (TPSA) is 79.3 Å². The Labute approximate surface area is 135 Å². The molecular weight excluding hydrogens is 300 g/mol. The number of methoxy groups -OCH3 is 1. The van der Waals surface area contributed by atoms with E-state index >= 15 is 0 Å². The first-order valence-corrected chi connectivity index (χ1v) is 7.44. The number of ether oxygens (including phenoxy) is 2. The van der Waals surface area contributed by atoms with Crippen molar-refractivity contribution in [1.82, 2.24) is 9.80 Å². The average Bonchev–Trinajstić information content (AvgIpc) is 2.56. The molecule has 2 rings (SSSR count). The second-order valence-electron chi connectivity index (χ2n) is 5.48. The maximum absolute atomic E-state index is 12.6. The van der Waals surface area contributed by atoms with Crippen molar-refractivity contribution in [2.24, 2.45) is 0 Å². The summed E-state index contributed by atoms with van der Waals surface area (Å²) in [5.41, 5.74) is 0.420. The average molecular weight is 322 g/mol. The van der Waals surface area contributed by atoms with Gasteiger partial charge in [-0.25, -0.2) is 0 Å². The number of carbonyl (C=O) groups is 2. The van der Waals surface area contributed by atoms with E-state index in [-0.39, 0.29) is 37.6 Å². The van der Waals surface area contributed by atoms with Gasteiger partial charge in [0.2, 0.25) is 5.91 Å². The van der Waals surface area contributed by atoms with E-state index in [2.05, 4.69) is 0 Å². The van der Waals surface area contributed by atoms with Crippen LogP contribution in [-0.4, -0.2) is 73.2 Å². The number of amides is 2. The van der Waals surface area contributed by atoms with Gasteiger partial charge in [-0.1, -0.05) is 0 Å². The molecule has 0 saturated carbocycles. The van der Waals surface area contributed by atoms with Crippen LogP contribution in [0.5, 0.6) is 11.5 Å². The highest BCUT2D eigenvalue weighted by Crippen LogP contribution is 2.28. The number of likely N-dealkylation sites (N-methyl/N-ethyl adjacent to an activating group) is 1. The molecule has 1 aromatic rings. The highest BCUT2D eigenvalue weighted by molar-refractivity contribution is 5.97. The van der Waals surface area contributed by atoms with Crippen LogP contribution in [0.25, 0.3) is 0 Å². The molecule has 0 aromatic heterocycles. The highest BCUT2D eigenvalue weighted by atomic mass is 16.5. The Morgan fingerprint density at radius 1 is 1.39 bits per heavy atom. The number of aliphatic hydroxyl groups excluding tert-OH is 1. The summed E-state index contributed by atoms with van der Waals surface area (Å²) in [6.45, 7) is 2.43. The highest BCUT2D eigenvalue weighted by Gasteiger charge is 2.30. The first-order chi connectivity index (χ1) is 11.0. The van der Waals surface area contributed by atoms with Crippen molar-refractivity contribution in [2.75, 3.05) is 40.5 Å². The fourth-order valence-electron chi connectivity index (χ4n) is 2.44. The van der Waals surface area contributed by atoms with Gasteiger partial charge in [-0.2, -0.15) is 0 Å². The number of benzene rings is 1. The van der Waals surface area contributed by atoms with Crippen LogP contribution >= 0.6 is 0 Å². The Balaban J connectivity index is 2.20. The van der Waals surface area contributed by atoms with Crippen LogP contribution in [0.2, 0.25) is 0 Å². The molecule has 7 heteroatoms. The van der Waals surface area contributed by atoms with E-state index in [9.17, 15) is 9.59 Å². The zero-order valence-corrected chi connectivity index (χ0v) is 13.6. The predicted octanol–water partition coefficient (Wildman–Crippen LogP) is 0.369. The maximum Gasteiger partial charge on any atom is 0.254 e. The summed E-state index contributed by atoms with van der Waals surface area (Å²) in [6.07, 6.45) is 0. The predicted molar refractivity (Wildman–Crippen MR) is 83.7 cm³/mol. The van der Waals surface area contributed by atoms with Gasteiger partial charge < -0.3 is 24.4 Å². The molecule has 1 N–H and O–H groups in total. The second kappa shape index (κ2) is 7.32. The van der Waals surface area contributed by atoms with Crippen LogP contribution in [0, 0.1) is 0 Å². The normalized spacial score (nSPS) is 18.1. The number of nitrogens with zero attached hydrogens (tertiary/aromatic N) is 2. The van der Waals surface area contributed by atoms with Crippen molar-refractivity contribution >= 4 is 11.8 Å². The summed E-state index contributed by atoms with van der Waals surface area (Å²) in [4.78, 5) is 27.7. The molecule has 1 aliphatic heterocycles. The third kappa shape index (κ3) is 3.73. The first kappa shape index (κ1) is 17.1. The van der Waals surface area contributed by atoms with E-state index in [1.165, 1.54) is 12.0 Å². The Hall–Kier alpha value is -2.28. The van der Waals surface area contributed by atoms with E-state index in [4.69, 9.17) is 14.6 Å². The summed E-state index contributed by atoms with van der Waals surface area (Å²) in [5.74, 6) is 0.566. The summed E-state index contributed by atoms with van der Waals surface area (Å²) in [5, 5.41) is 8.87. The van der Waals surface area contributed by atoms with Gasteiger partial charge >= 0.3 is 0 Å². The lowest BCUT2D eigenvalue weighted by molar-refractivity contribution is -0.136. The monoisotopic (exact) mass is 322 g/mol. The van der Waals surface area contributed by atoms with Gasteiger partial charge in [0.25, 0.3) is 5.91 Å². The van der Waals surface area contributed by atoms with Crippen molar-refractivity contribution in [3.05, 3.63) is 23.8 Å². The Morgan fingerprint density at radius 3 is 2.74 bits per heavy atom. The largest absolute Gasteiger partial charge is 0.493 e. The van der Waals surface area contributed by atoms with Crippen molar-refractivity contribution in [2.45, 2.75) is 13.0 Å². The lowest BCUT2D eigenvalue weighted by atomic mass is 10.1. The van der Waals surface area contributed by atoms with E-state index < -0.39 is 0 Å². The molecule has 1 saturated heterocycles. The molecule has 1 aliphatic rings. The van der Waals surface area contributed by atoms with Gasteiger partial charge in [-0.15, -0.1) is 0 Å². The van der Waals surface area contributed by atoms with Crippen LogP contribution in [0.15, 0.2) is 18.2 Å².